The molecule has 21 heavy (non-hydrogen) atoms. The summed E-state index contributed by atoms with van der Waals surface area (Å²) in [7, 11) is 0. The molecule has 5 nitrogen and oxygen atoms in total. The van der Waals surface area contributed by atoms with Crippen LogP contribution in [0.25, 0.3) is 10.8 Å². The van der Waals surface area contributed by atoms with Crippen molar-refractivity contribution >= 4 is 27.8 Å². The fraction of sp³-hybridized carbons (Fsp3) is 0.0625. The van der Waals surface area contributed by atoms with Gasteiger partial charge in [0, 0.05) is 35.2 Å². The van der Waals surface area contributed by atoms with E-state index < -0.39 is 0 Å². The number of non-ortho nitro benzene ring substituents is 1. The predicted molar refractivity (Wildman–Crippen MR) is 82.9 cm³/mol. The molecule has 0 spiro atoms. The summed E-state index contributed by atoms with van der Waals surface area (Å²) >= 11 is 0. The first kappa shape index (κ1) is 13.1. The molecule has 0 fully saturated rings. The van der Waals surface area contributed by atoms with Crippen molar-refractivity contribution in [2.75, 3.05) is 5.32 Å². The number of nitro groups is 1. The highest BCUT2D eigenvalue weighted by Gasteiger charge is 2.14. The topological polar surface area (TPSA) is 68.1 Å². The zero-order chi connectivity index (χ0) is 14.8. The fourth-order valence-electron chi connectivity index (χ4n) is 2.23. The lowest BCUT2D eigenvalue weighted by Gasteiger charge is -2.10. The highest BCUT2D eigenvalue weighted by molar-refractivity contribution is 6.00. The summed E-state index contributed by atoms with van der Waals surface area (Å²) in [5.41, 5.74) is 2.99. The summed E-state index contributed by atoms with van der Waals surface area (Å²) in [4.78, 5) is 14.8. The van der Waals surface area contributed by atoms with Gasteiger partial charge in [0.2, 0.25) is 0 Å². The second kappa shape index (κ2) is 5.20. The quantitative estimate of drug-likeness (QED) is 0.576. The van der Waals surface area contributed by atoms with E-state index in [0.29, 0.717) is 5.39 Å². The highest BCUT2D eigenvalue weighted by Crippen LogP contribution is 2.32. The molecule has 0 atom stereocenters. The van der Waals surface area contributed by atoms with Crippen molar-refractivity contribution in [3.63, 3.8) is 0 Å². The maximum atomic E-state index is 11.1. The Morgan fingerprint density at radius 3 is 2.52 bits per heavy atom. The van der Waals surface area contributed by atoms with E-state index in [-0.39, 0.29) is 10.6 Å². The van der Waals surface area contributed by atoms with Gasteiger partial charge in [0.25, 0.3) is 5.69 Å². The number of nitrogens with zero attached hydrogens (tertiary/aromatic N) is 2. The third-order valence-corrected chi connectivity index (χ3v) is 3.32. The van der Waals surface area contributed by atoms with Crippen molar-refractivity contribution in [1.29, 1.82) is 0 Å². The fourth-order valence-corrected chi connectivity index (χ4v) is 2.23. The van der Waals surface area contributed by atoms with Crippen molar-refractivity contribution in [2.45, 2.75) is 6.92 Å². The van der Waals surface area contributed by atoms with Gasteiger partial charge < -0.3 is 5.32 Å². The van der Waals surface area contributed by atoms with Crippen LogP contribution in [0.1, 0.15) is 5.56 Å². The van der Waals surface area contributed by atoms with Gasteiger partial charge in [-0.3, -0.25) is 15.1 Å². The number of benzene rings is 2. The van der Waals surface area contributed by atoms with Crippen LogP contribution in [0.2, 0.25) is 0 Å². The molecule has 0 amide bonds. The number of nitrogens with one attached hydrogen (secondary N) is 1. The van der Waals surface area contributed by atoms with Crippen LogP contribution in [0.5, 0.6) is 0 Å². The number of pyridine rings is 1. The molecule has 0 unspecified atom stereocenters. The average molecular weight is 279 g/mol. The zero-order valence-corrected chi connectivity index (χ0v) is 11.4. The van der Waals surface area contributed by atoms with E-state index in [2.05, 4.69) is 10.3 Å². The molecule has 0 aliphatic rings. The standard InChI is InChI=1S/C16H13N3O2/c1-11-2-4-12(5-3-11)18-15-6-7-16(19(20)21)13-8-9-17-10-14(13)15/h2-10,18H,1H3. The van der Waals surface area contributed by atoms with E-state index in [9.17, 15) is 10.1 Å². The second-order valence-electron chi connectivity index (χ2n) is 4.80. The molecule has 0 aliphatic carbocycles. The maximum Gasteiger partial charge on any atom is 0.277 e. The number of hydrogen-bond acceptors (Lipinski definition) is 4. The average Bonchev–Trinajstić information content (AvgIpc) is 2.49. The van der Waals surface area contributed by atoms with Gasteiger partial charge >= 0.3 is 0 Å². The molecular formula is C16H13N3O2. The van der Waals surface area contributed by atoms with E-state index in [1.165, 1.54) is 11.6 Å². The number of nitro benzene ring substituents is 1. The lowest BCUT2D eigenvalue weighted by Crippen LogP contribution is -1.95. The lowest BCUT2D eigenvalue weighted by molar-refractivity contribution is -0.383. The van der Waals surface area contributed by atoms with E-state index in [1.54, 1.807) is 24.5 Å². The Hall–Kier alpha value is -2.95. The molecule has 5 heteroatoms. The lowest BCUT2D eigenvalue weighted by atomic mass is 10.1. The van der Waals surface area contributed by atoms with E-state index in [4.69, 9.17) is 0 Å². The molecule has 1 heterocycles. The maximum absolute atomic E-state index is 11.1. The second-order valence-corrected chi connectivity index (χ2v) is 4.80. The minimum atomic E-state index is -0.377. The Balaban J connectivity index is 2.09. The highest BCUT2D eigenvalue weighted by atomic mass is 16.6. The molecule has 3 rings (SSSR count). The largest absolute Gasteiger partial charge is 0.355 e. The first-order valence-corrected chi connectivity index (χ1v) is 6.50. The van der Waals surface area contributed by atoms with Gasteiger partial charge in [-0.2, -0.15) is 0 Å². The molecule has 1 N–H and O–H groups in total. The van der Waals surface area contributed by atoms with Crippen molar-refractivity contribution < 1.29 is 4.92 Å². The summed E-state index contributed by atoms with van der Waals surface area (Å²) in [6.45, 7) is 2.02. The van der Waals surface area contributed by atoms with Crippen molar-refractivity contribution in [3.05, 3.63) is 70.5 Å². The molecule has 0 saturated heterocycles. The minimum absolute atomic E-state index is 0.0851. The number of hydrogen-bond donors (Lipinski definition) is 1. The molecular weight excluding hydrogens is 266 g/mol. The molecule has 0 saturated carbocycles. The van der Waals surface area contributed by atoms with Crippen LogP contribution in [-0.2, 0) is 0 Å². The Kier molecular flexibility index (Phi) is 3.23. The number of aromatic nitrogens is 1. The third kappa shape index (κ3) is 2.53. The normalized spacial score (nSPS) is 10.5. The van der Waals surface area contributed by atoms with Gasteiger partial charge in [-0.1, -0.05) is 17.7 Å². The van der Waals surface area contributed by atoms with Crippen LogP contribution >= 0.6 is 0 Å². The van der Waals surface area contributed by atoms with Crippen LogP contribution in [0, 0.1) is 17.0 Å². The zero-order valence-electron chi connectivity index (χ0n) is 11.4. The number of fused-ring (bicyclic) bond motifs is 1. The summed E-state index contributed by atoms with van der Waals surface area (Å²) in [6, 6.07) is 12.8. The first-order chi connectivity index (χ1) is 10.1. The summed E-state index contributed by atoms with van der Waals surface area (Å²) in [5, 5.41) is 15.7. The van der Waals surface area contributed by atoms with Crippen molar-refractivity contribution in [2.24, 2.45) is 0 Å². The third-order valence-electron chi connectivity index (χ3n) is 3.32. The monoisotopic (exact) mass is 279 g/mol. The van der Waals surface area contributed by atoms with Crippen LogP contribution in [-0.4, -0.2) is 9.91 Å². The summed E-state index contributed by atoms with van der Waals surface area (Å²) in [5.74, 6) is 0. The number of aryl methyl sites for hydroxylation is 1. The summed E-state index contributed by atoms with van der Waals surface area (Å²) < 4.78 is 0. The minimum Gasteiger partial charge on any atom is -0.355 e. The van der Waals surface area contributed by atoms with Gasteiger partial charge in [0.1, 0.15) is 0 Å². The summed E-state index contributed by atoms with van der Waals surface area (Å²) in [6.07, 6.45) is 3.20. The Labute approximate surface area is 121 Å². The van der Waals surface area contributed by atoms with Crippen LogP contribution in [0.15, 0.2) is 54.9 Å². The van der Waals surface area contributed by atoms with Gasteiger partial charge in [0.05, 0.1) is 10.3 Å². The van der Waals surface area contributed by atoms with Crippen LogP contribution in [0.4, 0.5) is 17.1 Å². The molecule has 1 aromatic heterocycles. The van der Waals surface area contributed by atoms with Crippen LogP contribution < -0.4 is 5.32 Å². The molecule has 0 aliphatic heterocycles. The van der Waals surface area contributed by atoms with Crippen molar-refractivity contribution in [1.82, 2.24) is 4.98 Å². The molecule has 0 radical (unpaired) electrons. The molecule has 104 valence electrons. The Morgan fingerprint density at radius 2 is 1.81 bits per heavy atom. The van der Waals surface area contributed by atoms with Crippen LogP contribution in [0.3, 0.4) is 0 Å². The van der Waals surface area contributed by atoms with E-state index >= 15 is 0 Å². The first-order valence-electron chi connectivity index (χ1n) is 6.50. The Morgan fingerprint density at radius 1 is 1.05 bits per heavy atom. The smallest absolute Gasteiger partial charge is 0.277 e. The number of rotatable bonds is 3. The van der Waals surface area contributed by atoms with Gasteiger partial charge in [-0.15, -0.1) is 0 Å². The van der Waals surface area contributed by atoms with E-state index in [0.717, 1.165) is 16.8 Å². The molecule has 0 bridgehead atoms. The van der Waals surface area contributed by atoms with Gasteiger partial charge in [-0.05, 0) is 31.2 Å². The predicted octanol–water partition coefficient (Wildman–Crippen LogP) is 4.20. The van der Waals surface area contributed by atoms with Crippen molar-refractivity contribution in [3.8, 4) is 0 Å². The molecule has 2 aromatic carbocycles. The molecule has 3 aromatic rings. The van der Waals surface area contributed by atoms with Gasteiger partial charge in [0.15, 0.2) is 0 Å². The van der Waals surface area contributed by atoms with Gasteiger partial charge in [-0.25, -0.2) is 0 Å². The SMILES string of the molecule is Cc1ccc(Nc2ccc([N+](=O)[O-])c3ccncc23)cc1. The number of anilines is 2. The Bertz CT molecular complexity index is 813. The van der Waals surface area contributed by atoms with E-state index in [1.807, 2.05) is 31.2 Å².